The van der Waals surface area contributed by atoms with Gasteiger partial charge in [0.2, 0.25) is 5.91 Å². The summed E-state index contributed by atoms with van der Waals surface area (Å²) in [5, 5.41) is 0. The number of hydrogen-bond donors (Lipinski definition) is 1. The Bertz CT molecular complexity index is 471. The van der Waals surface area contributed by atoms with Crippen molar-refractivity contribution in [3.63, 3.8) is 0 Å². The van der Waals surface area contributed by atoms with Crippen molar-refractivity contribution < 1.29 is 4.79 Å². The fraction of sp³-hybridized carbons (Fsp3) is 0.588. The lowest BCUT2D eigenvalue weighted by Crippen LogP contribution is -2.44. The standard InChI is InChI=1S/C17H27N3O/c1-4-15(18)17(14-8-6-13(2)7-9-14)20-11-5-10-19(3)16(21)12-20/h6-9,15,17H,4-5,10-12,18H2,1-3H3. The minimum absolute atomic E-state index is 0.0453. The second kappa shape index (κ2) is 7.05. The van der Waals surface area contributed by atoms with Crippen LogP contribution in [-0.2, 0) is 4.79 Å². The van der Waals surface area contributed by atoms with E-state index < -0.39 is 0 Å². The first-order chi connectivity index (χ1) is 10.0. The quantitative estimate of drug-likeness (QED) is 0.921. The highest BCUT2D eigenvalue weighted by atomic mass is 16.2. The van der Waals surface area contributed by atoms with Crippen molar-refractivity contribution in [3.05, 3.63) is 35.4 Å². The largest absolute Gasteiger partial charge is 0.345 e. The van der Waals surface area contributed by atoms with Crippen molar-refractivity contribution in [1.29, 1.82) is 0 Å². The third kappa shape index (κ3) is 3.83. The number of carbonyl (C=O) groups excluding carboxylic acids is 1. The molecule has 1 amide bonds. The number of aryl methyl sites for hydroxylation is 1. The zero-order valence-corrected chi connectivity index (χ0v) is 13.4. The number of likely N-dealkylation sites (N-methyl/N-ethyl adjacent to an activating group) is 1. The van der Waals surface area contributed by atoms with E-state index in [-0.39, 0.29) is 18.0 Å². The summed E-state index contributed by atoms with van der Waals surface area (Å²) in [5.74, 6) is 0.188. The zero-order valence-electron chi connectivity index (χ0n) is 13.4. The molecule has 21 heavy (non-hydrogen) atoms. The molecule has 0 aromatic heterocycles. The number of benzene rings is 1. The van der Waals surface area contributed by atoms with E-state index in [1.807, 2.05) is 11.9 Å². The van der Waals surface area contributed by atoms with Gasteiger partial charge in [-0.3, -0.25) is 9.69 Å². The fourth-order valence-electron chi connectivity index (χ4n) is 2.96. The molecule has 0 saturated carbocycles. The van der Waals surface area contributed by atoms with Crippen molar-refractivity contribution in [3.8, 4) is 0 Å². The van der Waals surface area contributed by atoms with Gasteiger partial charge in [0.25, 0.3) is 0 Å². The summed E-state index contributed by atoms with van der Waals surface area (Å²) in [6.07, 6.45) is 1.90. The second-order valence-corrected chi connectivity index (χ2v) is 6.07. The van der Waals surface area contributed by atoms with E-state index in [1.165, 1.54) is 11.1 Å². The molecular formula is C17H27N3O. The van der Waals surface area contributed by atoms with Gasteiger partial charge in [0.1, 0.15) is 0 Å². The maximum atomic E-state index is 12.2. The zero-order chi connectivity index (χ0) is 15.4. The Morgan fingerprint density at radius 3 is 2.52 bits per heavy atom. The van der Waals surface area contributed by atoms with E-state index >= 15 is 0 Å². The molecule has 0 bridgehead atoms. The van der Waals surface area contributed by atoms with Gasteiger partial charge in [-0.05, 0) is 25.3 Å². The highest BCUT2D eigenvalue weighted by Gasteiger charge is 2.29. The van der Waals surface area contributed by atoms with Crippen LogP contribution in [0.15, 0.2) is 24.3 Å². The van der Waals surface area contributed by atoms with Crippen LogP contribution in [-0.4, -0.2) is 48.4 Å². The average Bonchev–Trinajstić information content (AvgIpc) is 2.63. The summed E-state index contributed by atoms with van der Waals surface area (Å²) >= 11 is 0. The molecule has 1 saturated heterocycles. The molecule has 2 atom stereocenters. The highest BCUT2D eigenvalue weighted by molar-refractivity contribution is 5.78. The van der Waals surface area contributed by atoms with Gasteiger partial charge >= 0.3 is 0 Å². The Balaban J connectivity index is 2.27. The first-order valence-corrected chi connectivity index (χ1v) is 7.83. The van der Waals surface area contributed by atoms with Crippen molar-refractivity contribution in [2.45, 2.75) is 38.8 Å². The summed E-state index contributed by atoms with van der Waals surface area (Å²) < 4.78 is 0. The van der Waals surface area contributed by atoms with Crippen LogP contribution in [0.25, 0.3) is 0 Å². The second-order valence-electron chi connectivity index (χ2n) is 6.07. The van der Waals surface area contributed by atoms with E-state index in [0.29, 0.717) is 6.54 Å². The lowest BCUT2D eigenvalue weighted by atomic mass is 9.95. The van der Waals surface area contributed by atoms with Gasteiger partial charge in [-0.25, -0.2) is 0 Å². The van der Waals surface area contributed by atoms with Gasteiger partial charge in [-0.2, -0.15) is 0 Å². The van der Waals surface area contributed by atoms with Gasteiger partial charge in [-0.1, -0.05) is 36.8 Å². The maximum absolute atomic E-state index is 12.2. The van der Waals surface area contributed by atoms with Crippen LogP contribution in [0.3, 0.4) is 0 Å². The normalized spacial score (nSPS) is 20.2. The summed E-state index contributed by atoms with van der Waals surface area (Å²) in [7, 11) is 1.88. The smallest absolute Gasteiger partial charge is 0.236 e. The molecule has 2 unspecified atom stereocenters. The molecule has 4 heteroatoms. The summed E-state index contributed by atoms with van der Waals surface area (Å²) in [6.45, 7) is 6.41. The molecule has 0 spiro atoms. The highest BCUT2D eigenvalue weighted by Crippen LogP contribution is 2.26. The number of hydrogen-bond acceptors (Lipinski definition) is 3. The Kier molecular flexibility index (Phi) is 5.37. The molecule has 1 fully saturated rings. The monoisotopic (exact) mass is 289 g/mol. The summed E-state index contributed by atoms with van der Waals surface area (Å²) in [4.78, 5) is 16.2. The minimum atomic E-state index is 0.0453. The Hall–Kier alpha value is -1.39. The molecule has 1 aromatic rings. The topological polar surface area (TPSA) is 49.6 Å². The Morgan fingerprint density at radius 2 is 1.90 bits per heavy atom. The average molecular weight is 289 g/mol. The lowest BCUT2D eigenvalue weighted by molar-refractivity contribution is -0.130. The van der Waals surface area contributed by atoms with Crippen LogP contribution in [0.5, 0.6) is 0 Å². The van der Waals surface area contributed by atoms with Crippen molar-refractivity contribution >= 4 is 5.91 Å². The molecule has 116 valence electrons. The molecule has 1 aromatic carbocycles. The van der Waals surface area contributed by atoms with E-state index in [1.54, 1.807) is 0 Å². The van der Waals surface area contributed by atoms with Gasteiger partial charge in [-0.15, -0.1) is 0 Å². The predicted octanol–water partition coefficient (Wildman–Crippen LogP) is 1.94. The van der Waals surface area contributed by atoms with Crippen LogP contribution in [0.4, 0.5) is 0 Å². The van der Waals surface area contributed by atoms with Gasteiger partial charge in [0.05, 0.1) is 12.6 Å². The Labute approximate surface area is 127 Å². The third-order valence-electron chi connectivity index (χ3n) is 4.39. The van der Waals surface area contributed by atoms with Crippen molar-refractivity contribution in [2.75, 3.05) is 26.7 Å². The van der Waals surface area contributed by atoms with E-state index in [2.05, 4.69) is 43.0 Å². The molecule has 1 heterocycles. The molecular weight excluding hydrogens is 262 g/mol. The van der Waals surface area contributed by atoms with Gasteiger partial charge in [0.15, 0.2) is 0 Å². The van der Waals surface area contributed by atoms with E-state index in [0.717, 1.165) is 25.9 Å². The third-order valence-corrected chi connectivity index (χ3v) is 4.39. The molecule has 4 nitrogen and oxygen atoms in total. The van der Waals surface area contributed by atoms with Crippen LogP contribution in [0, 0.1) is 6.92 Å². The van der Waals surface area contributed by atoms with Crippen LogP contribution >= 0.6 is 0 Å². The first kappa shape index (κ1) is 16.0. The SMILES string of the molecule is CCC(N)C(c1ccc(C)cc1)N1CCCN(C)C(=O)C1. The molecule has 2 rings (SSSR count). The predicted molar refractivity (Wildman–Crippen MR) is 86.0 cm³/mol. The van der Waals surface area contributed by atoms with Crippen LogP contribution in [0.1, 0.15) is 36.9 Å². The first-order valence-electron chi connectivity index (χ1n) is 7.83. The number of carbonyl (C=O) groups is 1. The molecule has 0 aliphatic carbocycles. The van der Waals surface area contributed by atoms with Crippen LogP contribution in [0.2, 0.25) is 0 Å². The molecule has 1 aliphatic rings. The summed E-state index contributed by atoms with van der Waals surface area (Å²) in [6, 6.07) is 8.70. The number of nitrogens with zero attached hydrogens (tertiary/aromatic N) is 2. The van der Waals surface area contributed by atoms with E-state index in [9.17, 15) is 4.79 Å². The minimum Gasteiger partial charge on any atom is -0.345 e. The molecule has 1 aliphatic heterocycles. The number of nitrogens with two attached hydrogens (primary N) is 1. The molecule has 0 radical (unpaired) electrons. The Morgan fingerprint density at radius 1 is 1.24 bits per heavy atom. The van der Waals surface area contributed by atoms with Gasteiger partial charge in [0, 0.05) is 26.2 Å². The number of rotatable bonds is 4. The molecule has 2 N–H and O–H groups in total. The maximum Gasteiger partial charge on any atom is 0.236 e. The van der Waals surface area contributed by atoms with Crippen LogP contribution < -0.4 is 5.73 Å². The van der Waals surface area contributed by atoms with Gasteiger partial charge < -0.3 is 10.6 Å². The summed E-state index contributed by atoms with van der Waals surface area (Å²) in [5.41, 5.74) is 8.84. The van der Waals surface area contributed by atoms with Crippen molar-refractivity contribution in [1.82, 2.24) is 9.80 Å². The van der Waals surface area contributed by atoms with E-state index in [4.69, 9.17) is 5.73 Å². The lowest BCUT2D eigenvalue weighted by Gasteiger charge is -2.34. The number of amides is 1. The van der Waals surface area contributed by atoms with Crippen molar-refractivity contribution in [2.24, 2.45) is 5.73 Å². The fourth-order valence-corrected chi connectivity index (χ4v) is 2.96.